The van der Waals surface area contributed by atoms with E-state index in [0.717, 1.165) is 35.8 Å². The summed E-state index contributed by atoms with van der Waals surface area (Å²) in [6, 6.07) is 5.96. The highest BCUT2D eigenvalue weighted by atomic mass is 16.7. The molecule has 2 aliphatic rings. The second-order valence-corrected chi connectivity index (χ2v) is 5.37. The Morgan fingerprint density at radius 1 is 1.04 bits per heavy atom. The molecule has 23 heavy (non-hydrogen) atoms. The number of rotatable bonds is 4. The van der Waals surface area contributed by atoms with Crippen molar-refractivity contribution in [3.63, 3.8) is 0 Å². The van der Waals surface area contributed by atoms with Crippen LogP contribution in [0, 0.1) is 0 Å². The molecule has 1 fully saturated rings. The zero-order valence-corrected chi connectivity index (χ0v) is 14.3. The lowest BCUT2D eigenvalue weighted by molar-refractivity contribution is 0.174. The average molecular weight is 313 g/mol. The molecule has 0 N–H and O–H groups in total. The van der Waals surface area contributed by atoms with E-state index in [1.54, 1.807) is 0 Å². The van der Waals surface area contributed by atoms with Crippen molar-refractivity contribution in [2.24, 2.45) is 0 Å². The zero-order valence-electron chi connectivity index (χ0n) is 14.3. The van der Waals surface area contributed by atoms with Crippen molar-refractivity contribution >= 4 is 6.08 Å². The maximum Gasteiger partial charge on any atom is 0.231 e. The van der Waals surface area contributed by atoms with E-state index in [1.165, 1.54) is 19.3 Å². The topological polar surface area (TPSA) is 21.7 Å². The molecule has 1 aromatic carbocycles. The van der Waals surface area contributed by atoms with Gasteiger partial charge in [0.25, 0.3) is 0 Å². The number of ether oxygens (including phenoxy) is 2. The van der Waals surface area contributed by atoms with Gasteiger partial charge >= 0.3 is 0 Å². The van der Waals surface area contributed by atoms with Gasteiger partial charge < -0.3 is 14.4 Å². The first-order chi connectivity index (χ1) is 11.3. The molecule has 3 rings (SSSR count). The van der Waals surface area contributed by atoms with Crippen LogP contribution in [0.15, 0.2) is 48.7 Å². The van der Waals surface area contributed by atoms with Crippen molar-refractivity contribution in [3.8, 4) is 11.5 Å². The normalized spacial score (nSPS) is 16.5. The van der Waals surface area contributed by atoms with Gasteiger partial charge in [0.05, 0.1) is 0 Å². The molecule has 3 heteroatoms. The standard InChI is InChI=1S/C18H21NO2.C2H6/c1-15(19-11-5-2-6-12-19)7-3-4-8-16-9-10-17-18(13-16)21-14-20-17;1-2/h3-4,7-10,13H,1-2,5-6,11-12,14H2;1-2H3/b7-3+,8-4+;. The minimum atomic E-state index is 0.318. The highest BCUT2D eigenvalue weighted by molar-refractivity contribution is 5.57. The van der Waals surface area contributed by atoms with Gasteiger partial charge in [-0.25, -0.2) is 0 Å². The number of hydrogen-bond donors (Lipinski definition) is 0. The maximum absolute atomic E-state index is 5.37. The fourth-order valence-electron chi connectivity index (χ4n) is 2.64. The Balaban J connectivity index is 0.000000924. The second-order valence-electron chi connectivity index (χ2n) is 5.37. The number of piperidine rings is 1. The molecule has 124 valence electrons. The Morgan fingerprint density at radius 2 is 1.78 bits per heavy atom. The molecule has 2 heterocycles. The van der Waals surface area contributed by atoms with Crippen LogP contribution in [0.25, 0.3) is 6.08 Å². The summed E-state index contributed by atoms with van der Waals surface area (Å²) in [5.74, 6) is 1.64. The van der Waals surface area contributed by atoms with Crippen LogP contribution in [0.4, 0.5) is 0 Å². The molecule has 0 atom stereocenters. The number of likely N-dealkylation sites (tertiary alicyclic amines) is 1. The first kappa shape index (κ1) is 17.2. The van der Waals surface area contributed by atoms with Crippen molar-refractivity contribution in [2.75, 3.05) is 19.9 Å². The Hall–Kier alpha value is -2.16. The molecule has 0 amide bonds. The van der Waals surface area contributed by atoms with E-state index in [-0.39, 0.29) is 0 Å². The van der Waals surface area contributed by atoms with E-state index in [9.17, 15) is 0 Å². The van der Waals surface area contributed by atoms with Gasteiger partial charge in [0, 0.05) is 18.8 Å². The summed E-state index contributed by atoms with van der Waals surface area (Å²) in [4.78, 5) is 2.36. The van der Waals surface area contributed by atoms with Gasteiger partial charge in [0.2, 0.25) is 6.79 Å². The average Bonchev–Trinajstić information content (AvgIpc) is 3.09. The minimum Gasteiger partial charge on any atom is -0.454 e. The van der Waals surface area contributed by atoms with Gasteiger partial charge in [0.15, 0.2) is 11.5 Å². The molecule has 0 bridgehead atoms. The lowest BCUT2D eigenvalue weighted by atomic mass is 10.1. The summed E-state index contributed by atoms with van der Waals surface area (Å²) in [6.45, 7) is 10.7. The fourth-order valence-corrected chi connectivity index (χ4v) is 2.64. The van der Waals surface area contributed by atoms with E-state index >= 15 is 0 Å². The lowest BCUT2D eigenvalue weighted by Gasteiger charge is -2.28. The van der Waals surface area contributed by atoms with Crippen LogP contribution in [0.5, 0.6) is 11.5 Å². The predicted octanol–water partition coefficient (Wildman–Crippen LogP) is 5.01. The summed E-state index contributed by atoms with van der Waals surface area (Å²) in [6.07, 6.45) is 12.1. The van der Waals surface area contributed by atoms with Gasteiger partial charge in [-0.1, -0.05) is 44.7 Å². The van der Waals surface area contributed by atoms with Crippen LogP contribution < -0.4 is 9.47 Å². The zero-order chi connectivity index (χ0) is 16.5. The largest absolute Gasteiger partial charge is 0.454 e. The number of hydrogen-bond acceptors (Lipinski definition) is 3. The fraction of sp³-hybridized carbons (Fsp3) is 0.400. The number of nitrogens with zero attached hydrogens (tertiary/aromatic N) is 1. The molecular weight excluding hydrogens is 286 g/mol. The quantitative estimate of drug-likeness (QED) is 0.729. The Labute approximate surface area is 139 Å². The highest BCUT2D eigenvalue weighted by Crippen LogP contribution is 2.32. The van der Waals surface area contributed by atoms with E-state index in [4.69, 9.17) is 9.47 Å². The number of benzene rings is 1. The molecule has 1 aromatic rings. The maximum atomic E-state index is 5.37. The summed E-state index contributed by atoms with van der Waals surface area (Å²) in [5.41, 5.74) is 2.21. The van der Waals surface area contributed by atoms with Crippen LogP contribution in [-0.4, -0.2) is 24.8 Å². The van der Waals surface area contributed by atoms with Crippen LogP contribution in [0.1, 0.15) is 38.7 Å². The van der Waals surface area contributed by atoms with Crippen molar-refractivity contribution in [2.45, 2.75) is 33.1 Å². The number of allylic oxidation sites excluding steroid dienone is 3. The Kier molecular flexibility index (Phi) is 6.79. The lowest BCUT2D eigenvalue weighted by Crippen LogP contribution is -2.27. The number of fused-ring (bicyclic) bond motifs is 1. The molecule has 3 nitrogen and oxygen atoms in total. The van der Waals surface area contributed by atoms with Crippen molar-refractivity contribution in [3.05, 3.63) is 54.3 Å². The Morgan fingerprint density at radius 3 is 2.57 bits per heavy atom. The van der Waals surface area contributed by atoms with E-state index < -0.39 is 0 Å². The summed E-state index contributed by atoms with van der Waals surface area (Å²) >= 11 is 0. The van der Waals surface area contributed by atoms with E-state index in [0.29, 0.717) is 6.79 Å². The summed E-state index contributed by atoms with van der Waals surface area (Å²) in [7, 11) is 0. The van der Waals surface area contributed by atoms with Gasteiger partial charge in [-0.3, -0.25) is 0 Å². The highest BCUT2D eigenvalue weighted by Gasteiger charge is 2.12. The van der Waals surface area contributed by atoms with E-state index in [1.807, 2.05) is 44.2 Å². The summed E-state index contributed by atoms with van der Waals surface area (Å²) in [5, 5.41) is 0. The van der Waals surface area contributed by atoms with Crippen LogP contribution in [0.2, 0.25) is 0 Å². The monoisotopic (exact) mass is 313 g/mol. The third-order valence-corrected chi connectivity index (χ3v) is 3.85. The molecular formula is C20H27NO2. The van der Waals surface area contributed by atoms with Crippen LogP contribution in [0.3, 0.4) is 0 Å². The first-order valence-corrected chi connectivity index (χ1v) is 8.51. The molecule has 0 radical (unpaired) electrons. The molecule has 0 spiro atoms. The van der Waals surface area contributed by atoms with Crippen LogP contribution in [-0.2, 0) is 0 Å². The molecule has 0 saturated carbocycles. The molecule has 1 saturated heterocycles. The minimum absolute atomic E-state index is 0.318. The third kappa shape index (κ3) is 4.92. The molecule has 2 aliphatic heterocycles. The van der Waals surface area contributed by atoms with Crippen molar-refractivity contribution in [1.82, 2.24) is 4.90 Å². The smallest absolute Gasteiger partial charge is 0.231 e. The molecule has 0 unspecified atom stereocenters. The van der Waals surface area contributed by atoms with Crippen molar-refractivity contribution in [1.29, 1.82) is 0 Å². The summed E-state index contributed by atoms with van der Waals surface area (Å²) < 4.78 is 10.7. The van der Waals surface area contributed by atoms with Gasteiger partial charge in [-0.15, -0.1) is 0 Å². The predicted molar refractivity (Wildman–Crippen MR) is 96.7 cm³/mol. The second kappa shape index (κ2) is 9.09. The molecule has 0 aliphatic carbocycles. The van der Waals surface area contributed by atoms with Gasteiger partial charge in [-0.2, -0.15) is 0 Å². The van der Waals surface area contributed by atoms with Gasteiger partial charge in [0.1, 0.15) is 0 Å². The Bertz CT molecular complexity index is 569. The third-order valence-electron chi connectivity index (χ3n) is 3.85. The van der Waals surface area contributed by atoms with Crippen molar-refractivity contribution < 1.29 is 9.47 Å². The van der Waals surface area contributed by atoms with Gasteiger partial charge in [-0.05, 0) is 43.0 Å². The first-order valence-electron chi connectivity index (χ1n) is 8.51. The van der Waals surface area contributed by atoms with Crippen LogP contribution >= 0.6 is 0 Å². The van der Waals surface area contributed by atoms with E-state index in [2.05, 4.69) is 23.6 Å². The molecule has 0 aromatic heterocycles. The SMILES string of the molecule is C=C(/C=C/C=C/c1ccc2c(c1)OCO2)N1CCCCC1.CC.